The Bertz CT molecular complexity index is 482. The molecule has 0 aliphatic carbocycles. The fourth-order valence-electron chi connectivity index (χ4n) is 1.46. The summed E-state index contributed by atoms with van der Waals surface area (Å²) in [6, 6.07) is 5.16. The summed E-state index contributed by atoms with van der Waals surface area (Å²) in [5.41, 5.74) is 0.562. The SMILES string of the molecule is CCn1nccc1C(=O)c1ccc(C)o1. The molecule has 2 rings (SSSR count). The van der Waals surface area contributed by atoms with Gasteiger partial charge in [0.25, 0.3) is 0 Å². The van der Waals surface area contributed by atoms with Crippen LogP contribution in [0.15, 0.2) is 28.8 Å². The van der Waals surface area contributed by atoms with Crippen LogP contribution in [0.3, 0.4) is 0 Å². The van der Waals surface area contributed by atoms with E-state index in [2.05, 4.69) is 5.10 Å². The summed E-state index contributed by atoms with van der Waals surface area (Å²) < 4.78 is 6.93. The molecule has 2 aromatic rings. The molecule has 78 valence electrons. The maximum absolute atomic E-state index is 11.9. The van der Waals surface area contributed by atoms with Crippen molar-refractivity contribution >= 4 is 5.78 Å². The van der Waals surface area contributed by atoms with Gasteiger partial charge in [-0.25, -0.2) is 0 Å². The molecule has 2 aromatic heterocycles. The van der Waals surface area contributed by atoms with Gasteiger partial charge in [-0.2, -0.15) is 5.10 Å². The zero-order valence-corrected chi connectivity index (χ0v) is 8.73. The van der Waals surface area contributed by atoms with Crippen LogP contribution in [0.2, 0.25) is 0 Å². The summed E-state index contributed by atoms with van der Waals surface area (Å²) in [5, 5.41) is 4.04. The van der Waals surface area contributed by atoms with Crippen LogP contribution in [-0.4, -0.2) is 15.6 Å². The van der Waals surface area contributed by atoms with Crippen LogP contribution in [-0.2, 0) is 6.54 Å². The van der Waals surface area contributed by atoms with Gasteiger partial charge in [0.15, 0.2) is 5.76 Å². The molecule has 0 amide bonds. The van der Waals surface area contributed by atoms with Crippen molar-refractivity contribution in [3.05, 3.63) is 41.6 Å². The molecule has 0 aliphatic rings. The normalized spacial score (nSPS) is 10.5. The van der Waals surface area contributed by atoms with Gasteiger partial charge >= 0.3 is 0 Å². The number of carbonyl (C=O) groups is 1. The first-order valence-electron chi connectivity index (χ1n) is 4.85. The Kier molecular flexibility index (Phi) is 2.41. The van der Waals surface area contributed by atoms with Crippen molar-refractivity contribution in [3.63, 3.8) is 0 Å². The smallest absolute Gasteiger partial charge is 0.246 e. The molecule has 0 radical (unpaired) electrons. The maximum Gasteiger partial charge on any atom is 0.246 e. The van der Waals surface area contributed by atoms with Gasteiger partial charge in [0.1, 0.15) is 11.5 Å². The Hall–Kier alpha value is -1.84. The summed E-state index contributed by atoms with van der Waals surface area (Å²) in [6.07, 6.45) is 1.62. The molecule has 0 unspecified atom stereocenters. The lowest BCUT2D eigenvalue weighted by atomic mass is 10.2. The van der Waals surface area contributed by atoms with E-state index in [9.17, 15) is 4.79 Å². The van der Waals surface area contributed by atoms with Gasteiger partial charge < -0.3 is 4.42 Å². The van der Waals surface area contributed by atoms with Crippen molar-refractivity contribution in [1.82, 2.24) is 9.78 Å². The molecule has 0 aromatic carbocycles. The second kappa shape index (κ2) is 3.73. The zero-order chi connectivity index (χ0) is 10.8. The zero-order valence-electron chi connectivity index (χ0n) is 8.73. The summed E-state index contributed by atoms with van der Waals surface area (Å²) in [5.74, 6) is 0.978. The highest BCUT2D eigenvalue weighted by atomic mass is 16.3. The number of aromatic nitrogens is 2. The number of ketones is 1. The van der Waals surface area contributed by atoms with Crippen molar-refractivity contribution in [1.29, 1.82) is 0 Å². The van der Waals surface area contributed by atoms with Crippen molar-refractivity contribution < 1.29 is 9.21 Å². The number of nitrogens with zero attached hydrogens (tertiary/aromatic N) is 2. The minimum absolute atomic E-state index is 0.123. The molecule has 4 nitrogen and oxygen atoms in total. The summed E-state index contributed by atoms with van der Waals surface area (Å²) >= 11 is 0. The molecule has 0 fully saturated rings. The van der Waals surface area contributed by atoms with Crippen LogP contribution in [0, 0.1) is 6.92 Å². The second-order valence-corrected chi connectivity index (χ2v) is 3.27. The molecule has 0 spiro atoms. The first kappa shape index (κ1) is 9.71. The molecule has 15 heavy (non-hydrogen) atoms. The Morgan fingerprint density at radius 3 is 2.87 bits per heavy atom. The predicted octanol–water partition coefficient (Wildman–Crippen LogP) is 2.04. The maximum atomic E-state index is 11.9. The molecular weight excluding hydrogens is 192 g/mol. The van der Waals surface area contributed by atoms with Crippen LogP contribution >= 0.6 is 0 Å². The van der Waals surface area contributed by atoms with Gasteiger partial charge in [0.05, 0.1) is 0 Å². The van der Waals surface area contributed by atoms with E-state index in [0.717, 1.165) is 5.76 Å². The summed E-state index contributed by atoms with van der Waals surface area (Å²) in [7, 11) is 0. The highest BCUT2D eigenvalue weighted by Gasteiger charge is 2.16. The number of aryl methyl sites for hydroxylation is 2. The van der Waals surface area contributed by atoms with E-state index in [4.69, 9.17) is 4.42 Å². The number of carbonyl (C=O) groups excluding carboxylic acids is 1. The van der Waals surface area contributed by atoms with E-state index < -0.39 is 0 Å². The monoisotopic (exact) mass is 204 g/mol. The number of hydrogen-bond acceptors (Lipinski definition) is 3. The van der Waals surface area contributed by atoms with Crippen molar-refractivity contribution in [2.24, 2.45) is 0 Å². The Morgan fingerprint density at radius 2 is 2.27 bits per heavy atom. The van der Waals surface area contributed by atoms with Crippen molar-refractivity contribution in [2.75, 3.05) is 0 Å². The van der Waals surface area contributed by atoms with Crippen LogP contribution in [0.4, 0.5) is 0 Å². The second-order valence-electron chi connectivity index (χ2n) is 3.27. The summed E-state index contributed by atoms with van der Waals surface area (Å²) in [6.45, 7) is 4.43. The van der Waals surface area contributed by atoms with Crippen molar-refractivity contribution in [2.45, 2.75) is 20.4 Å². The molecule has 0 aliphatic heterocycles. The van der Waals surface area contributed by atoms with Crippen LogP contribution in [0.25, 0.3) is 0 Å². The number of rotatable bonds is 3. The Balaban J connectivity index is 2.36. The van der Waals surface area contributed by atoms with Gasteiger partial charge in [0.2, 0.25) is 5.78 Å². The van der Waals surface area contributed by atoms with E-state index in [0.29, 0.717) is 18.0 Å². The Morgan fingerprint density at radius 1 is 1.47 bits per heavy atom. The quantitative estimate of drug-likeness (QED) is 0.719. The average molecular weight is 204 g/mol. The van der Waals surface area contributed by atoms with Gasteiger partial charge in [-0.05, 0) is 32.0 Å². The highest BCUT2D eigenvalue weighted by molar-refractivity contribution is 6.05. The van der Waals surface area contributed by atoms with Crippen molar-refractivity contribution in [3.8, 4) is 0 Å². The number of hydrogen-bond donors (Lipinski definition) is 0. The van der Waals surface area contributed by atoms with Gasteiger partial charge in [0, 0.05) is 12.7 Å². The average Bonchev–Trinajstić information content (AvgIpc) is 2.84. The van der Waals surface area contributed by atoms with Crippen LogP contribution in [0.5, 0.6) is 0 Å². The van der Waals surface area contributed by atoms with E-state index in [1.807, 2.05) is 13.8 Å². The standard InChI is InChI=1S/C11H12N2O2/c1-3-13-9(6-7-12-13)11(14)10-5-4-8(2)15-10/h4-7H,3H2,1-2H3. The molecule has 2 heterocycles. The van der Waals surface area contributed by atoms with E-state index in [-0.39, 0.29) is 5.78 Å². The van der Waals surface area contributed by atoms with Gasteiger partial charge in [-0.3, -0.25) is 9.48 Å². The third-order valence-corrected chi connectivity index (χ3v) is 2.21. The molecule has 0 N–H and O–H groups in total. The van der Waals surface area contributed by atoms with E-state index in [1.54, 1.807) is 29.1 Å². The first-order valence-corrected chi connectivity index (χ1v) is 4.85. The minimum atomic E-state index is -0.123. The fraction of sp³-hybridized carbons (Fsp3) is 0.273. The molecule has 0 saturated heterocycles. The van der Waals surface area contributed by atoms with E-state index in [1.165, 1.54) is 0 Å². The predicted molar refractivity (Wildman–Crippen MR) is 54.8 cm³/mol. The highest BCUT2D eigenvalue weighted by Crippen LogP contribution is 2.12. The lowest BCUT2D eigenvalue weighted by molar-refractivity contribution is 0.0998. The fourth-order valence-corrected chi connectivity index (χ4v) is 1.46. The topological polar surface area (TPSA) is 48.0 Å². The molecule has 0 saturated carbocycles. The molecular formula is C11H12N2O2. The lowest BCUT2D eigenvalue weighted by Crippen LogP contribution is -2.09. The third kappa shape index (κ3) is 1.70. The van der Waals surface area contributed by atoms with Gasteiger partial charge in [-0.1, -0.05) is 0 Å². The van der Waals surface area contributed by atoms with Crippen LogP contribution in [0.1, 0.15) is 28.9 Å². The van der Waals surface area contributed by atoms with Crippen LogP contribution < -0.4 is 0 Å². The lowest BCUT2D eigenvalue weighted by Gasteiger charge is -2.00. The van der Waals surface area contributed by atoms with Gasteiger partial charge in [-0.15, -0.1) is 0 Å². The Labute approximate surface area is 87.5 Å². The molecule has 0 bridgehead atoms. The minimum Gasteiger partial charge on any atom is -0.458 e. The third-order valence-electron chi connectivity index (χ3n) is 2.21. The molecule has 4 heteroatoms. The first-order chi connectivity index (χ1) is 7.22. The number of furan rings is 1. The largest absolute Gasteiger partial charge is 0.458 e. The van der Waals surface area contributed by atoms with E-state index >= 15 is 0 Å². The summed E-state index contributed by atoms with van der Waals surface area (Å²) in [4.78, 5) is 11.9. The molecule has 0 atom stereocenters.